The van der Waals surface area contributed by atoms with Gasteiger partial charge in [0.05, 0.1) is 25.9 Å². The minimum atomic E-state index is -0.354. The molecule has 0 aromatic rings. The molecule has 2 bridgehead atoms. The number of hydrogen-bond donors (Lipinski definition) is 1. The van der Waals surface area contributed by atoms with Crippen LogP contribution in [0.25, 0.3) is 0 Å². The summed E-state index contributed by atoms with van der Waals surface area (Å²) in [6.07, 6.45) is 4.76. The summed E-state index contributed by atoms with van der Waals surface area (Å²) in [4.78, 5) is 33.6. The van der Waals surface area contributed by atoms with Crippen molar-refractivity contribution >= 4 is 11.8 Å². The predicted octanol–water partition coefficient (Wildman–Crippen LogP) is -1.29. The minimum absolute atomic E-state index is 0.162. The second-order valence-corrected chi connectivity index (χ2v) is 6.47. The van der Waals surface area contributed by atoms with Crippen LogP contribution < -0.4 is 4.90 Å². The van der Waals surface area contributed by atoms with E-state index in [-0.39, 0.29) is 41.8 Å². The Bertz CT molecular complexity index is 436. The molecule has 3 aliphatic rings. The number of hydrogen-bond acceptors (Lipinski definition) is 4. The van der Waals surface area contributed by atoms with Crippen LogP contribution in [0.2, 0.25) is 0 Å². The molecule has 1 saturated heterocycles. The number of fused-ring (bicyclic) bond motifs is 5. The average molecular weight is 280 g/mol. The monoisotopic (exact) mass is 280 g/mol. The lowest BCUT2D eigenvalue weighted by Crippen LogP contribution is -3.12. The summed E-state index contributed by atoms with van der Waals surface area (Å²) in [6.45, 7) is 0. The molecule has 3 rings (SSSR count). The van der Waals surface area contributed by atoms with E-state index in [4.69, 9.17) is 4.84 Å². The van der Waals surface area contributed by atoms with Crippen molar-refractivity contribution in [2.75, 3.05) is 28.2 Å². The van der Waals surface area contributed by atoms with Crippen molar-refractivity contribution < 1.29 is 19.3 Å². The van der Waals surface area contributed by atoms with Gasteiger partial charge in [0.1, 0.15) is 0 Å². The molecule has 2 fully saturated rings. The third-order valence-corrected chi connectivity index (χ3v) is 4.60. The van der Waals surface area contributed by atoms with Crippen molar-refractivity contribution in [2.45, 2.75) is 12.8 Å². The number of allylic oxidation sites excluding steroid dienone is 2. The van der Waals surface area contributed by atoms with Gasteiger partial charge in [0.2, 0.25) is 0 Å². The first kappa shape index (κ1) is 13.7. The Balaban J connectivity index is 1.79. The van der Waals surface area contributed by atoms with Crippen LogP contribution in [-0.4, -0.2) is 56.3 Å². The van der Waals surface area contributed by atoms with E-state index in [1.807, 2.05) is 33.1 Å². The summed E-state index contributed by atoms with van der Waals surface area (Å²) in [7, 11) is 7.60. The van der Waals surface area contributed by atoms with Gasteiger partial charge in [-0.05, 0) is 32.4 Å². The van der Waals surface area contributed by atoms with Crippen LogP contribution in [0.3, 0.4) is 0 Å². The van der Waals surface area contributed by atoms with Crippen LogP contribution in [-0.2, 0) is 14.4 Å². The molecule has 1 N–H and O–H groups in total. The van der Waals surface area contributed by atoms with Gasteiger partial charge in [-0.1, -0.05) is 12.2 Å². The van der Waals surface area contributed by atoms with Gasteiger partial charge in [0, 0.05) is 0 Å². The fraction of sp³-hybridized carbons (Fsp3) is 0.714. The maximum absolute atomic E-state index is 12.5. The number of nitrogens with one attached hydrogen (secondary N) is 1. The van der Waals surface area contributed by atoms with Crippen LogP contribution >= 0.6 is 0 Å². The zero-order valence-corrected chi connectivity index (χ0v) is 12.4. The lowest BCUT2D eigenvalue weighted by atomic mass is 9.85. The Hall–Kier alpha value is -1.24. The van der Waals surface area contributed by atoms with Gasteiger partial charge in [-0.25, -0.2) is 4.90 Å². The number of carbonyl (C=O) groups is 2. The summed E-state index contributed by atoms with van der Waals surface area (Å²) in [5.41, 5.74) is 0. The van der Waals surface area contributed by atoms with E-state index < -0.39 is 0 Å². The van der Waals surface area contributed by atoms with Crippen LogP contribution in [0.1, 0.15) is 6.42 Å². The molecule has 5 unspecified atom stereocenters. The van der Waals surface area contributed by atoms with Gasteiger partial charge in [0.25, 0.3) is 18.2 Å². The molecule has 0 radical (unpaired) electrons. The van der Waals surface area contributed by atoms with Crippen LogP contribution in [0.4, 0.5) is 0 Å². The number of hydroxylamine groups is 2. The molecule has 1 heterocycles. The van der Waals surface area contributed by atoms with Crippen molar-refractivity contribution in [2.24, 2.45) is 23.7 Å². The Kier molecular flexibility index (Phi) is 3.19. The fourth-order valence-corrected chi connectivity index (χ4v) is 3.79. The molecule has 1 saturated carbocycles. The molecular weight excluding hydrogens is 258 g/mol. The van der Waals surface area contributed by atoms with E-state index in [0.29, 0.717) is 0 Å². The normalized spacial score (nSPS) is 36.6. The van der Waals surface area contributed by atoms with Crippen LogP contribution in [0.5, 0.6) is 0 Å². The molecule has 0 aromatic carbocycles. The quantitative estimate of drug-likeness (QED) is 0.396. The Morgan fingerprint density at radius 3 is 2.10 bits per heavy atom. The summed E-state index contributed by atoms with van der Waals surface area (Å²) in [5.74, 6) is -0.274. The molecule has 110 valence electrons. The van der Waals surface area contributed by atoms with Crippen LogP contribution in [0, 0.1) is 23.7 Å². The SMILES string of the molecule is CN(C)C(ON1C(=O)C2C3C=CC(C3)C2C1=O)[NH+](C)C. The predicted molar refractivity (Wildman–Crippen MR) is 70.9 cm³/mol. The highest BCUT2D eigenvalue weighted by molar-refractivity contribution is 6.05. The first-order valence-corrected chi connectivity index (χ1v) is 7.11. The van der Waals surface area contributed by atoms with E-state index >= 15 is 0 Å². The molecule has 2 amide bonds. The Morgan fingerprint density at radius 1 is 1.20 bits per heavy atom. The molecule has 6 nitrogen and oxygen atoms in total. The van der Waals surface area contributed by atoms with E-state index in [2.05, 4.69) is 12.2 Å². The Morgan fingerprint density at radius 2 is 1.70 bits per heavy atom. The highest BCUT2D eigenvalue weighted by Gasteiger charge is 2.60. The van der Waals surface area contributed by atoms with Gasteiger partial charge in [-0.15, -0.1) is 5.06 Å². The number of imide groups is 1. The van der Waals surface area contributed by atoms with Crippen molar-refractivity contribution in [3.8, 4) is 0 Å². The highest BCUT2D eigenvalue weighted by atomic mass is 16.7. The van der Waals surface area contributed by atoms with Crippen LogP contribution in [0.15, 0.2) is 12.2 Å². The van der Waals surface area contributed by atoms with Crippen molar-refractivity contribution in [3.05, 3.63) is 12.2 Å². The number of rotatable bonds is 4. The first-order valence-electron chi connectivity index (χ1n) is 7.11. The molecule has 1 aliphatic heterocycles. The lowest BCUT2D eigenvalue weighted by Gasteiger charge is -2.29. The summed E-state index contributed by atoms with van der Waals surface area (Å²) in [5, 5.41) is 1.03. The lowest BCUT2D eigenvalue weighted by molar-refractivity contribution is -0.929. The topological polar surface area (TPSA) is 54.3 Å². The zero-order chi connectivity index (χ0) is 14.6. The standard InChI is InChI=1S/C14H21N3O3/c1-15(2)14(16(3)4)20-17-12(18)10-8-5-6-9(7-8)11(10)13(17)19/h5-6,8-11,14H,7H2,1-4H3/p+1. The van der Waals surface area contributed by atoms with E-state index in [0.717, 1.165) is 16.4 Å². The van der Waals surface area contributed by atoms with Gasteiger partial charge < -0.3 is 0 Å². The van der Waals surface area contributed by atoms with E-state index in [9.17, 15) is 9.59 Å². The van der Waals surface area contributed by atoms with Crippen molar-refractivity contribution in [3.63, 3.8) is 0 Å². The second-order valence-electron chi connectivity index (χ2n) is 6.47. The smallest absolute Gasteiger partial charge is 0.277 e. The van der Waals surface area contributed by atoms with E-state index in [1.54, 1.807) is 0 Å². The third-order valence-electron chi connectivity index (χ3n) is 4.60. The molecule has 0 aromatic heterocycles. The molecular formula is C14H22N3O3+. The number of amides is 2. The first-order chi connectivity index (χ1) is 9.41. The molecule has 0 spiro atoms. The molecule has 6 heteroatoms. The third kappa shape index (κ3) is 1.82. The van der Waals surface area contributed by atoms with Gasteiger partial charge >= 0.3 is 0 Å². The number of carbonyl (C=O) groups excluding carboxylic acids is 2. The summed E-state index contributed by atoms with van der Waals surface area (Å²) < 4.78 is 0. The maximum atomic E-state index is 12.5. The zero-order valence-electron chi connectivity index (χ0n) is 12.4. The molecule has 5 atom stereocenters. The molecule has 20 heavy (non-hydrogen) atoms. The minimum Gasteiger partial charge on any atom is -0.299 e. The van der Waals surface area contributed by atoms with Gasteiger partial charge in [0.15, 0.2) is 0 Å². The number of quaternary nitrogens is 1. The Labute approximate surface area is 118 Å². The molecule has 2 aliphatic carbocycles. The largest absolute Gasteiger partial charge is 0.299 e. The fourth-order valence-electron chi connectivity index (χ4n) is 3.79. The summed E-state index contributed by atoms with van der Waals surface area (Å²) >= 11 is 0. The van der Waals surface area contributed by atoms with Crippen molar-refractivity contribution in [1.29, 1.82) is 0 Å². The highest BCUT2D eigenvalue weighted by Crippen LogP contribution is 2.52. The maximum Gasteiger partial charge on any atom is 0.277 e. The van der Waals surface area contributed by atoms with E-state index in [1.165, 1.54) is 0 Å². The average Bonchev–Trinajstić information content (AvgIpc) is 3.02. The number of nitrogens with zero attached hydrogens (tertiary/aromatic N) is 2. The van der Waals surface area contributed by atoms with Crippen molar-refractivity contribution in [1.82, 2.24) is 9.96 Å². The second kappa shape index (κ2) is 4.65. The van der Waals surface area contributed by atoms with Gasteiger partial charge in [-0.2, -0.15) is 4.84 Å². The van der Waals surface area contributed by atoms with Gasteiger partial charge in [-0.3, -0.25) is 14.5 Å². The summed E-state index contributed by atoms with van der Waals surface area (Å²) in [6, 6.07) is 0.